The standard InChI is InChI=1S/C37H43N3O/c41-37(33-15-19-35(20-16-33)39-24-7-8-25-39,34-17-21-36(22-18-34)40-26-9-10-27-40)23-28-38(29-31-11-3-1-4-12-31)30-32-13-5-2-6-14-32/h1-6,11-22,41H,7-10,23-30H2. The van der Waals surface area contributed by atoms with Crippen molar-refractivity contribution in [1.82, 2.24) is 4.90 Å². The predicted octanol–water partition coefficient (Wildman–Crippen LogP) is 7.22. The third-order valence-corrected chi connectivity index (χ3v) is 8.92. The molecular weight excluding hydrogens is 502 g/mol. The SMILES string of the molecule is OC(CCN(Cc1ccccc1)Cc1ccccc1)(c1ccc(N2CCCC2)cc1)c1ccc(N2CCCC2)cc1. The van der Waals surface area contributed by atoms with Gasteiger partial charge < -0.3 is 14.9 Å². The van der Waals surface area contributed by atoms with E-state index < -0.39 is 5.60 Å². The Balaban J connectivity index is 1.28. The Morgan fingerprint density at radius 1 is 0.537 bits per heavy atom. The quantitative estimate of drug-likeness (QED) is 0.216. The molecule has 2 aliphatic rings. The van der Waals surface area contributed by atoms with Gasteiger partial charge in [0.05, 0.1) is 0 Å². The second kappa shape index (κ2) is 12.9. The highest BCUT2D eigenvalue weighted by molar-refractivity contribution is 5.53. The Bertz CT molecular complexity index is 1240. The van der Waals surface area contributed by atoms with E-state index in [0.29, 0.717) is 6.42 Å². The van der Waals surface area contributed by atoms with Crippen LogP contribution in [0.2, 0.25) is 0 Å². The zero-order chi connectivity index (χ0) is 27.9. The first-order valence-corrected chi connectivity index (χ1v) is 15.4. The summed E-state index contributed by atoms with van der Waals surface area (Å²) < 4.78 is 0. The topological polar surface area (TPSA) is 30.0 Å². The molecule has 0 bridgehead atoms. The van der Waals surface area contributed by atoms with E-state index in [1.54, 1.807) is 0 Å². The summed E-state index contributed by atoms with van der Waals surface area (Å²) in [4.78, 5) is 7.37. The van der Waals surface area contributed by atoms with E-state index >= 15 is 0 Å². The average Bonchev–Trinajstić information content (AvgIpc) is 3.77. The van der Waals surface area contributed by atoms with E-state index in [4.69, 9.17) is 0 Å². The van der Waals surface area contributed by atoms with E-state index in [2.05, 4.69) is 124 Å². The van der Waals surface area contributed by atoms with Crippen LogP contribution in [-0.2, 0) is 18.7 Å². The fourth-order valence-corrected chi connectivity index (χ4v) is 6.52. The molecule has 0 saturated carbocycles. The molecule has 0 unspecified atom stereocenters. The minimum atomic E-state index is -1.08. The van der Waals surface area contributed by atoms with Gasteiger partial charge in [0.15, 0.2) is 0 Å². The number of nitrogens with zero attached hydrogens (tertiary/aromatic N) is 3. The van der Waals surface area contributed by atoms with Gasteiger partial charge in [-0.05, 0) is 78.6 Å². The van der Waals surface area contributed by atoms with Crippen LogP contribution in [0.25, 0.3) is 0 Å². The molecule has 2 fully saturated rings. The minimum absolute atomic E-state index is 0.610. The van der Waals surface area contributed by atoms with Gasteiger partial charge >= 0.3 is 0 Å². The van der Waals surface area contributed by atoms with E-state index in [-0.39, 0.29) is 0 Å². The average molecular weight is 546 g/mol. The van der Waals surface area contributed by atoms with Gasteiger partial charge in [0.1, 0.15) is 5.60 Å². The Labute approximate surface area is 245 Å². The van der Waals surface area contributed by atoms with Gasteiger partial charge in [-0.15, -0.1) is 0 Å². The van der Waals surface area contributed by atoms with Gasteiger partial charge in [-0.25, -0.2) is 0 Å². The van der Waals surface area contributed by atoms with Crippen LogP contribution in [0, 0.1) is 0 Å². The number of rotatable bonds is 11. The van der Waals surface area contributed by atoms with Crippen molar-refractivity contribution >= 4 is 11.4 Å². The summed E-state index contributed by atoms with van der Waals surface area (Å²) in [5, 5.41) is 12.6. The molecule has 2 aliphatic heterocycles. The van der Waals surface area contributed by atoms with Crippen molar-refractivity contribution in [3.05, 3.63) is 131 Å². The van der Waals surface area contributed by atoms with Crippen LogP contribution in [0.5, 0.6) is 0 Å². The molecule has 0 aromatic heterocycles. The summed E-state index contributed by atoms with van der Waals surface area (Å²) in [7, 11) is 0. The fourth-order valence-electron chi connectivity index (χ4n) is 6.52. The van der Waals surface area contributed by atoms with Crippen LogP contribution >= 0.6 is 0 Å². The van der Waals surface area contributed by atoms with Crippen LogP contribution in [-0.4, -0.2) is 42.7 Å². The van der Waals surface area contributed by atoms with E-state index in [0.717, 1.165) is 56.9 Å². The molecule has 212 valence electrons. The third kappa shape index (κ3) is 6.66. The molecule has 4 aromatic rings. The van der Waals surface area contributed by atoms with Gasteiger partial charge in [0.2, 0.25) is 0 Å². The molecule has 4 nitrogen and oxygen atoms in total. The van der Waals surface area contributed by atoms with Crippen molar-refractivity contribution in [2.24, 2.45) is 0 Å². The second-order valence-corrected chi connectivity index (χ2v) is 11.8. The molecule has 0 atom stereocenters. The van der Waals surface area contributed by atoms with Crippen molar-refractivity contribution in [3.63, 3.8) is 0 Å². The molecular formula is C37H43N3O. The van der Waals surface area contributed by atoms with E-state index in [1.165, 1.54) is 48.2 Å². The Morgan fingerprint density at radius 3 is 1.32 bits per heavy atom. The Kier molecular flexibility index (Phi) is 8.69. The van der Waals surface area contributed by atoms with Crippen LogP contribution in [0.15, 0.2) is 109 Å². The van der Waals surface area contributed by atoms with Crippen LogP contribution < -0.4 is 9.80 Å². The first-order chi connectivity index (χ1) is 20.2. The highest BCUT2D eigenvalue weighted by atomic mass is 16.3. The molecule has 0 radical (unpaired) electrons. The number of aliphatic hydroxyl groups is 1. The molecule has 6 rings (SSSR count). The maximum atomic E-state index is 12.6. The normalized spacial score (nSPS) is 15.7. The molecule has 0 amide bonds. The lowest BCUT2D eigenvalue weighted by Gasteiger charge is -2.33. The van der Waals surface area contributed by atoms with Gasteiger partial charge in [0, 0.05) is 57.2 Å². The summed E-state index contributed by atoms with van der Waals surface area (Å²) in [5.74, 6) is 0. The van der Waals surface area contributed by atoms with Gasteiger partial charge in [-0.3, -0.25) is 4.90 Å². The molecule has 0 aliphatic carbocycles. The Hall–Kier alpha value is -3.60. The second-order valence-electron chi connectivity index (χ2n) is 11.8. The van der Waals surface area contributed by atoms with E-state index in [9.17, 15) is 5.11 Å². The van der Waals surface area contributed by atoms with E-state index in [1.807, 2.05) is 0 Å². The van der Waals surface area contributed by atoms with Gasteiger partial charge in [-0.2, -0.15) is 0 Å². The lowest BCUT2D eigenvalue weighted by atomic mass is 9.83. The monoisotopic (exact) mass is 545 g/mol. The zero-order valence-corrected chi connectivity index (χ0v) is 24.2. The minimum Gasteiger partial charge on any atom is -0.380 e. The molecule has 2 saturated heterocycles. The fraction of sp³-hybridized carbons (Fsp3) is 0.351. The molecule has 4 heteroatoms. The predicted molar refractivity (Wildman–Crippen MR) is 170 cm³/mol. The van der Waals surface area contributed by atoms with Crippen molar-refractivity contribution in [1.29, 1.82) is 0 Å². The first kappa shape index (κ1) is 27.6. The maximum Gasteiger partial charge on any atom is 0.116 e. The summed E-state index contributed by atoms with van der Waals surface area (Å²) in [6, 6.07) is 38.8. The summed E-state index contributed by atoms with van der Waals surface area (Å²) in [6.45, 7) is 6.93. The molecule has 2 heterocycles. The summed E-state index contributed by atoms with van der Waals surface area (Å²) in [6.07, 6.45) is 5.64. The third-order valence-electron chi connectivity index (χ3n) is 8.92. The van der Waals surface area contributed by atoms with Crippen LogP contribution in [0.4, 0.5) is 11.4 Å². The van der Waals surface area contributed by atoms with Crippen molar-refractivity contribution < 1.29 is 5.11 Å². The number of benzene rings is 4. The largest absolute Gasteiger partial charge is 0.380 e. The molecule has 0 spiro atoms. The summed E-state index contributed by atoms with van der Waals surface area (Å²) in [5.41, 5.74) is 5.94. The lowest BCUT2D eigenvalue weighted by Crippen LogP contribution is -2.34. The molecule has 41 heavy (non-hydrogen) atoms. The molecule has 4 aromatic carbocycles. The lowest BCUT2D eigenvalue weighted by molar-refractivity contribution is 0.0549. The maximum absolute atomic E-state index is 12.6. The zero-order valence-electron chi connectivity index (χ0n) is 24.2. The molecule has 1 N–H and O–H groups in total. The van der Waals surface area contributed by atoms with Crippen molar-refractivity contribution in [3.8, 4) is 0 Å². The van der Waals surface area contributed by atoms with Gasteiger partial charge in [0.25, 0.3) is 0 Å². The van der Waals surface area contributed by atoms with Crippen molar-refractivity contribution in [2.45, 2.75) is 50.8 Å². The van der Waals surface area contributed by atoms with Crippen LogP contribution in [0.3, 0.4) is 0 Å². The van der Waals surface area contributed by atoms with Crippen molar-refractivity contribution in [2.75, 3.05) is 42.5 Å². The first-order valence-electron chi connectivity index (χ1n) is 15.4. The van der Waals surface area contributed by atoms with Crippen LogP contribution in [0.1, 0.15) is 54.4 Å². The Morgan fingerprint density at radius 2 is 0.927 bits per heavy atom. The van der Waals surface area contributed by atoms with Gasteiger partial charge in [-0.1, -0.05) is 84.9 Å². The highest BCUT2D eigenvalue weighted by Crippen LogP contribution is 2.36. The highest BCUT2D eigenvalue weighted by Gasteiger charge is 2.32. The number of hydrogen-bond donors (Lipinski definition) is 1. The number of anilines is 2. The smallest absolute Gasteiger partial charge is 0.116 e. The number of hydrogen-bond acceptors (Lipinski definition) is 4. The summed E-state index contributed by atoms with van der Waals surface area (Å²) >= 11 is 0.